The molecule has 4 aliphatic heterocycles. The van der Waals surface area contributed by atoms with Gasteiger partial charge in [0.25, 0.3) is 0 Å². The summed E-state index contributed by atoms with van der Waals surface area (Å²) in [5.74, 6) is -3.24. The molecular weight excluding hydrogens is 913 g/mol. The molecule has 72 heavy (non-hydrogen) atoms. The lowest BCUT2D eigenvalue weighted by atomic mass is 10.1. The number of esters is 3. The molecule has 0 aliphatic carbocycles. The van der Waals surface area contributed by atoms with Crippen molar-refractivity contribution in [2.45, 2.75) is 96.5 Å². The van der Waals surface area contributed by atoms with Gasteiger partial charge in [-0.15, -0.1) is 0 Å². The Morgan fingerprint density at radius 3 is 0.722 bits per heavy atom. The molecule has 0 unspecified atom stereocenters. The molecule has 4 aliphatic rings. The Hall–Kier alpha value is -7.98. The van der Waals surface area contributed by atoms with Crippen LogP contribution in [0.5, 0.6) is 0 Å². The lowest BCUT2D eigenvalue weighted by Gasteiger charge is -2.27. The van der Waals surface area contributed by atoms with Crippen LogP contribution >= 0.6 is 0 Å². The first-order valence-electron chi connectivity index (χ1n) is 23.8. The van der Waals surface area contributed by atoms with E-state index >= 15 is 0 Å². The van der Waals surface area contributed by atoms with Crippen molar-refractivity contribution in [1.82, 2.24) is 14.7 Å². The van der Waals surface area contributed by atoms with E-state index in [1.807, 2.05) is 164 Å². The van der Waals surface area contributed by atoms with Crippen LogP contribution in [0.1, 0.15) is 69.3 Å². The third-order valence-corrected chi connectivity index (χ3v) is 12.1. The number of nitrogens with two attached hydrogens (primary N) is 3. The fraction of sp³-hybridized carbons (Fsp3) is 0.263. The van der Waals surface area contributed by atoms with Crippen LogP contribution in [0.4, 0.5) is 0 Å². The molecule has 6 bridgehead atoms. The van der Waals surface area contributed by atoms with Crippen LogP contribution in [0, 0.1) is 0 Å². The van der Waals surface area contributed by atoms with Crippen LogP contribution in [0.2, 0.25) is 0 Å². The molecule has 10 rings (SSSR count). The van der Waals surface area contributed by atoms with Crippen LogP contribution in [0.25, 0.3) is 0 Å². The summed E-state index contributed by atoms with van der Waals surface area (Å²) in [6, 6.07) is 46.3. The van der Waals surface area contributed by atoms with Crippen molar-refractivity contribution in [3.63, 3.8) is 0 Å². The minimum absolute atomic E-state index is 0.0429. The highest BCUT2D eigenvalue weighted by molar-refractivity contribution is 5.88. The van der Waals surface area contributed by atoms with Crippen molar-refractivity contribution in [2.75, 3.05) is 0 Å². The molecule has 0 aromatic heterocycles. The zero-order valence-electron chi connectivity index (χ0n) is 40.1. The topological polar surface area (TPSA) is 218 Å². The van der Waals surface area contributed by atoms with Gasteiger partial charge in [0.1, 0.15) is 19.8 Å². The minimum Gasteiger partial charge on any atom is -0.461 e. The quantitative estimate of drug-likeness (QED) is 0.0802. The molecule has 15 nitrogen and oxygen atoms in total. The van der Waals surface area contributed by atoms with Crippen LogP contribution < -0.4 is 17.2 Å². The number of rotatable bonds is 15. The van der Waals surface area contributed by atoms with Gasteiger partial charge < -0.3 is 46.1 Å². The second-order valence-corrected chi connectivity index (χ2v) is 17.9. The van der Waals surface area contributed by atoms with Gasteiger partial charge in [-0.05, 0) is 50.1 Å². The summed E-state index contributed by atoms with van der Waals surface area (Å²) in [4.78, 5) is 85.9. The van der Waals surface area contributed by atoms with Gasteiger partial charge in [0, 0.05) is 39.3 Å². The zero-order chi connectivity index (χ0) is 50.8. The molecule has 6 N–H and O–H groups in total. The van der Waals surface area contributed by atoms with Crippen molar-refractivity contribution in [1.29, 1.82) is 0 Å². The Kier molecular flexibility index (Phi) is 18.5. The molecule has 0 fully saturated rings. The molecule has 6 aromatic rings. The normalized spacial score (nSPS) is 14.1. The van der Waals surface area contributed by atoms with E-state index in [1.165, 1.54) is 0 Å². The number of amides is 3. The van der Waals surface area contributed by atoms with E-state index < -0.39 is 53.8 Å². The Bertz CT molecular complexity index is 2370. The molecule has 4 heterocycles. The van der Waals surface area contributed by atoms with Gasteiger partial charge in [0.2, 0.25) is 17.7 Å². The van der Waals surface area contributed by atoms with Crippen LogP contribution in [0.15, 0.2) is 164 Å². The first-order valence-corrected chi connectivity index (χ1v) is 23.8. The molecule has 0 radical (unpaired) electrons. The summed E-state index contributed by atoms with van der Waals surface area (Å²) in [5, 5.41) is 0. The number of carbonyl (C=O) groups is 6. The van der Waals surface area contributed by atoms with Crippen molar-refractivity contribution < 1.29 is 43.0 Å². The average Bonchev–Trinajstić information content (AvgIpc) is 3.40. The number of benzene rings is 6. The predicted octanol–water partition coefficient (Wildman–Crippen LogP) is 5.97. The van der Waals surface area contributed by atoms with Crippen molar-refractivity contribution in [3.05, 3.63) is 214 Å². The summed E-state index contributed by atoms with van der Waals surface area (Å²) in [7, 11) is 0. The monoisotopic (exact) mass is 972 g/mol. The predicted molar refractivity (Wildman–Crippen MR) is 269 cm³/mol. The van der Waals surface area contributed by atoms with E-state index in [4.69, 9.17) is 31.4 Å². The molecule has 0 saturated carbocycles. The molecule has 0 saturated heterocycles. The van der Waals surface area contributed by atoms with Crippen molar-refractivity contribution in [2.24, 2.45) is 17.2 Å². The maximum atomic E-state index is 14.2. The molecule has 0 spiro atoms. The summed E-state index contributed by atoms with van der Waals surface area (Å²) in [5.41, 5.74) is 26.3. The highest BCUT2D eigenvalue weighted by Crippen LogP contribution is 2.21. The van der Waals surface area contributed by atoms with Crippen LogP contribution in [-0.4, -0.2) is 68.5 Å². The molecule has 15 heteroatoms. The van der Waals surface area contributed by atoms with Gasteiger partial charge in [-0.25, -0.2) is 0 Å². The van der Waals surface area contributed by atoms with Crippen molar-refractivity contribution >= 4 is 35.6 Å². The number of carbonyl (C=O) groups excluding carboxylic acids is 6. The summed E-state index contributed by atoms with van der Waals surface area (Å²) in [6.07, 6.45) is -1.01. The third kappa shape index (κ3) is 15.8. The number of fused-ring (bicyclic) bond motifs is 3. The van der Waals surface area contributed by atoms with Gasteiger partial charge in [0.15, 0.2) is 0 Å². The Labute approximate surface area is 419 Å². The van der Waals surface area contributed by atoms with Gasteiger partial charge >= 0.3 is 17.9 Å². The van der Waals surface area contributed by atoms with E-state index in [2.05, 4.69) is 0 Å². The number of nitrogens with zero attached hydrogens (tertiary/aromatic N) is 3. The maximum Gasteiger partial charge on any atom is 0.308 e. The second kappa shape index (κ2) is 25.8. The minimum atomic E-state index is -1.20. The van der Waals surface area contributed by atoms with Gasteiger partial charge in [-0.2, -0.15) is 0 Å². The average molecular weight is 973 g/mol. The molecule has 372 valence electrons. The molecule has 6 aromatic carbocycles. The lowest BCUT2D eigenvalue weighted by Crippen LogP contribution is -2.44. The van der Waals surface area contributed by atoms with E-state index in [9.17, 15) is 28.8 Å². The fourth-order valence-corrected chi connectivity index (χ4v) is 8.10. The second-order valence-electron chi connectivity index (χ2n) is 17.9. The fourth-order valence-electron chi connectivity index (χ4n) is 8.10. The van der Waals surface area contributed by atoms with E-state index in [1.54, 1.807) is 14.7 Å². The van der Waals surface area contributed by atoms with Gasteiger partial charge in [-0.3, -0.25) is 28.8 Å². The van der Waals surface area contributed by atoms with Crippen LogP contribution in [-0.2, 0) is 102 Å². The Balaban J connectivity index is 1.13. The molecular formula is C57H60N6O9. The largest absolute Gasteiger partial charge is 0.461 e. The summed E-state index contributed by atoms with van der Waals surface area (Å²) >= 11 is 0. The lowest BCUT2D eigenvalue weighted by molar-refractivity contribution is -0.148. The maximum absolute atomic E-state index is 14.2. The standard InChI is InChI=1S/C57H60N6O9/c58-49(28-52(64)70-37-46-10-4-1-5-11-46)55(67)61-31-40-16-20-42(21-17-40)33-62(56(68)50(59)29-53(65)71-38-47-12-6-2-7-13-47)35-44-24-26-45(27-25-44)36-63(34-43-22-18-41(32-61)19-23-43)57(69)51(60)30-54(66)72-39-48-14-8-3-9-15-48/h1-27,49-51H,28-39,58-60H2/t49-,50-,51-/m0/s1. The van der Waals surface area contributed by atoms with E-state index in [-0.39, 0.29) is 78.4 Å². The van der Waals surface area contributed by atoms with E-state index in [0.717, 1.165) is 50.1 Å². The zero-order valence-corrected chi connectivity index (χ0v) is 40.1. The van der Waals surface area contributed by atoms with Gasteiger partial charge in [0.05, 0.1) is 37.4 Å². The van der Waals surface area contributed by atoms with Gasteiger partial charge in [-0.1, -0.05) is 164 Å². The highest BCUT2D eigenvalue weighted by Gasteiger charge is 2.28. The Morgan fingerprint density at radius 1 is 0.333 bits per heavy atom. The molecule has 3 amide bonds. The highest BCUT2D eigenvalue weighted by atomic mass is 16.5. The van der Waals surface area contributed by atoms with Crippen LogP contribution in [0.3, 0.4) is 0 Å². The summed E-state index contributed by atoms with van der Waals surface area (Å²) in [6.45, 7) is 0.916. The summed E-state index contributed by atoms with van der Waals surface area (Å²) < 4.78 is 16.3. The number of ether oxygens (including phenoxy) is 3. The first-order chi connectivity index (χ1) is 34.8. The first kappa shape index (κ1) is 51.9. The van der Waals surface area contributed by atoms with Crippen molar-refractivity contribution in [3.8, 4) is 0 Å². The number of hydrogen-bond acceptors (Lipinski definition) is 12. The SMILES string of the molecule is N[C@@H](CC(=O)OCc1ccccc1)C(=O)N1Cc2ccc(cc2)CN(C(=O)[C@@H](N)CC(=O)OCc2ccccc2)Cc2ccc(cc2)CN(C(=O)[C@@H](N)CC(=O)OCc2ccccc2)Cc2ccc(cc2)C1. The smallest absolute Gasteiger partial charge is 0.308 e. The third-order valence-electron chi connectivity index (χ3n) is 12.1. The molecule has 3 atom stereocenters. The Morgan fingerprint density at radius 2 is 0.528 bits per heavy atom. The number of hydrogen-bond donors (Lipinski definition) is 3. The van der Waals surface area contributed by atoms with E-state index in [0.29, 0.717) is 0 Å².